The minimum absolute atomic E-state index is 0.180. The first-order valence-corrected chi connectivity index (χ1v) is 9.52. The predicted molar refractivity (Wildman–Crippen MR) is 90.3 cm³/mol. The van der Waals surface area contributed by atoms with Crippen LogP contribution in [0.2, 0.25) is 0 Å². The minimum Gasteiger partial charge on any atom is -0.299 e. The number of hydrogen-bond acceptors (Lipinski definition) is 3. The molecule has 5 atom stereocenters. The predicted octanol–water partition coefficient (Wildman–Crippen LogP) is 3.78. The van der Waals surface area contributed by atoms with Crippen LogP contribution in [0, 0.1) is 22.7 Å². The van der Waals surface area contributed by atoms with Gasteiger partial charge in [-0.15, -0.1) is 0 Å². The topological polar surface area (TPSA) is 51.2 Å². The molecule has 4 rings (SSSR count). The molecule has 23 heavy (non-hydrogen) atoms. The Hall–Kier alpha value is -0.770. The fraction of sp³-hybridized carbons (Fsp3) is 0.737. The molecule has 3 saturated carbocycles. The molecule has 0 bridgehead atoms. The average molecular weight is 379 g/mol. The lowest BCUT2D eigenvalue weighted by molar-refractivity contribution is -0.145. The molecule has 0 amide bonds. The molecule has 4 aliphatic carbocycles. The molecular formula is C19H23BrO3. The van der Waals surface area contributed by atoms with Gasteiger partial charge in [-0.2, -0.15) is 0 Å². The summed E-state index contributed by atoms with van der Waals surface area (Å²) >= 11 is 3.92. The van der Waals surface area contributed by atoms with Crippen molar-refractivity contribution in [1.29, 1.82) is 0 Å². The molecule has 0 unspecified atom stereocenters. The van der Waals surface area contributed by atoms with Gasteiger partial charge in [-0.1, -0.05) is 35.4 Å². The van der Waals surface area contributed by atoms with E-state index in [1.165, 1.54) is 0 Å². The molecule has 4 heteroatoms. The van der Waals surface area contributed by atoms with Crippen LogP contribution in [0.3, 0.4) is 0 Å². The summed E-state index contributed by atoms with van der Waals surface area (Å²) in [5, 5.41) is 0. The molecule has 0 N–H and O–H groups in total. The van der Waals surface area contributed by atoms with Crippen molar-refractivity contribution in [2.45, 2.75) is 63.1 Å². The first kappa shape index (κ1) is 15.7. The van der Waals surface area contributed by atoms with E-state index in [-0.39, 0.29) is 28.7 Å². The SMILES string of the molecule is C[C@]12CCC(=O)C=C1CC[C@H]1[C@@H]3CCC(=O)[C@@]3(C)CC(=O)[C@@]12Br. The quantitative estimate of drug-likeness (QED) is 0.602. The molecule has 0 aliphatic heterocycles. The van der Waals surface area contributed by atoms with E-state index in [0.29, 0.717) is 25.2 Å². The average Bonchev–Trinajstić information content (AvgIpc) is 2.77. The van der Waals surface area contributed by atoms with Gasteiger partial charge in [0.15, 0.2) is 11.6 Å². The highest BCUT2D eigenvalue weighted by Crippen LogP contribution is 2.68. The summed E-state index contributed by atoms with van der Waals surface area (Å²) in [6, 6.07) is 0. The number of alkyl halides is 1. The lowest BCUT2D eigenvalue weighted by atomic mass is 9.47. The van der Waals surface area contributed by atoms with Crippen molar-refractivity contribution in [3.63, 3.8) is 0 Å². The lowest BCUT2D eigenvalue weighted by Gasteiger charge is -2.60. The Morgan fingerprint density at radius 2 is 1.70 bits per heavy atom. The Labute approximate surface area is 145 Å². The number of carbonyl (C=O) groups is 3. The zero-order valence-corrected chi connectivity index (χ0v) is 15.4. The van der Waals surface area contributed by atoms with E-state index in [4.69, 9.17) is 0 Å². The summed E-state index contributed by atoms with van der Waals surface area (Å²) < 4.78 is -0.598. The molecule has 3 fully saturated rings. The number of rotatable bonds is 0. The smallest absolute Gasteiger partial charge is 0.155 e. The Balaban J connectivity index is 1.85. The second kappa shape index (κ2) is 4.65. The third-order valence-corrected chi connectivity index (χ3v) is 9.42. The van der Waals surface area contributed by atoms with Crippen LogP contribution in [-0.2, 0) is 14.4 Å². The van der Waals surface area contributed by atoms with E-state index in [2.05, 4.69) is 22.9 Å². The number of allylic oxidation sites excluding steroid dienone is 1. The molecular weight excluding hydrogens is 356 g/mol. The van der Waals surface area contributed by atoms with Gasteiger partial charge >= 0.3 is 0 Å². The summed E-state index contributed by atoms with van der Waals surface area (Å²) in [6.07, 6.45) is 6.73. The van der Waals surface area contributed by atoms with Crippen LogP contribution in [0.1, 0.15) is 58.8 Å². The summed E-state index contributed by atoms with van der Waals surface area (Å²) in [4.78, 5) is 37.6. The van der Waals surface area contributed by atoms with Gasteiger partial charge in [-0.05, 0) is 43.6 Å². The van der Waals surface area contributed by atoms with Crippen molar-refractivity contribution in [1.82, 2.24) is 0 Å². The molecule has 0 spiro atoms. The highest BCUT2D eigenvalue weighted by atomic mass is 79.9. The Morgan fingerprint density at radius 1 is 1.00 bits per heavy atom. The van der Waals surface area contributed by atoms with Crippen LogP contribution < -0.4 is 0 Å². The van der Waals surface area contributed by atoms with E-state index in [1.807, 2.05) is 6.92 Å². The van der Waals surface area contributed by atoms with Crippen LogP contribution >= 0.6 is 15.9 Å². The number of fused-ring (bicyclic) bond motifs is 5. The fourth-order valence-corrected chi connectivity index (χ4v) is 7.21. The van der Waals surface area contributed by atoms with E-state index >= 15 is 0 Å². The zero-order chi connectivity index (χ0) is 16.6. The second-order valence-corrected chi connectivity index (χ2v) is 9.66. The summed E-state index contributed by atoms with van der Waals surface area (Å²) in [6.45, 7) is 4.17. The first-order valence-electron chi connectivity index (χ1n) is 8.73. The molecule has 0 radical (unpaired) electrons. The molecule has 0 aromatic heterocycles. The summed E-state index contributed by atoms with van der Waals surface area (Å²) in [5.41, 5.74) is 0.401. The number of carbonyl (C=O) groups excluding carboxylic acids is 3. The fourth-order valence-electron chi connectivity index (χ4n) is 6.07. The van der Waals surface area contributed by atoms with E-state index in [9.17, 15) is 14.4 Å². The molecule has 4 aliphatic rings. The van der Waals surface area contributed by atoms with E-state index in [1.54, 1.807) is 6.08 Å². The summed E-state index contributed by atoms with van der Waals surface area (Å²) in [7, 11) is 0. The van der Waals surface area contributed by atoms with Gasteiger partial charge < -0.3 is 0 Å². The van der Waals surface area contributed by atoms with Crippen molar-refractivity contribution in [2.24, 2.45) is 22.7 Å². The van der Waals surface area contributed by atoms with Gasteiger partial charge in [0.25, 0.3) is 0 Å². The Bertz CT molecular complexity index is 666. The number of ketones is 3. The number of halogens is 1. The maximum absolute atomic E-state index is 13.3. The van der Waals surface area contributed by atoms with Crippen LogP contribution in [0.15, 0.2) is 11.6 Å². The second-order valence-electron chi connectivity index (χ2n) is 8.41. The third kappa shape index (κ3) is 1.74. The Kier molecular flexibility index (Phi) is 3.18. The standard InChI is InChI=1S/C19H23BrO3/c1-17-10-16(23)19(20)14(13(17)5-6-15(17)22)4-3-11-9-12(21)7-8-18(11,19)2/h9,13-14H,3-8,10H2,1-2H3/t13-,14-,17-,18-,19-/m0/s1. The maximum atomic E-state index is 13.3. The van der Waals surface area contributed by atoms with Gasteiger partial charge in [-0.25, -0.2) is 0 Å². The zero-order valence-electron chi connectivity index (χ0n) is 13.8. The monoisotopic (exact) mass is 378 g/mol. The Morgan fingerprint density at radius 3 is 2.43 bits per heavy atom. The largest absolute Gasteiger partial charge is 0.299 e. The van der Waals surface area contributed by atoms with Gasteiger partial charge in [-0.3, -0.25) is 14.4 Å². The number of Topliss-reactive ketones (excluding diaryl/α,β-unsaturated/α-hetero) is 2. The molecule has 3 nitrogen and oxygen atoms in total. The highest BCUT2D eigenvalue weighted by Gasteiger charge is 2.69. The normalized spacial score (nSPS) is 49.3. The van der Waals surface area contributed by atoms with Gasteiger partial charge in [0, 0.05) is 30.1 Å². The van der Waals surface area contributed by atoms with Crippen LogP contribution in [0.25, 0.3) is 0 Å². The molecule has 0 saturated heterocycles. The first-order chi connectivity index (χ1) is 10.7. The van der Waals surface area contributed by atoms with Gasteiger partial charge in [0.05, 0.1) is 4.32 Å². The van der Waals surface area contributed by atoms with Crippen molar-refractivity contribution in [3.05, 3.63) is 11.6 Å². The van der Waals surface area contributed by atoms with Crippen LogP contribution in [-0.4, -0.2) is 21.7 Å². The van der Waals surface area contributed by atoms with Crippen molar-refractivity contribution >= 4 is 33.3 Å². The van der Waals surface area contributed by atoms with Crippen LogP contribution in [0.4, 0.5) is 0 Å². The highest BCUT2D eigenvalue weighted by molar-refractivity contribution is 9.10. The van der Waals surface area contributed by atoms with Crippen molar-refractivity contribution in [3.8, 4) is 0 Å². The summed E-state index contributed by atoms with van der Waals surface area (Å²) in [5.74, 6) is 1.14. The molecule has 124 valence electrons. The lowest BCUT2D eigenvalue weighted by Crippen LogP contribution is -2.64. The van der Waals surface area contributed by atoms with Crippen LogP contribution in [0.5, 0.6) is 0 Å². The maximum Gasteiger partial charge on any atom is 0.155 e. The molecule has 0 aromatic rings. The molecule has 0 heterocycles. The molecule has 0 aromatic carbocycles. The number of hydrogen-bond donors (Lipinski definition) is 0. The van der Waals surface area contributed by atoms with Crippen molar-refractivity contribution < 1.29 is 14.4 Å². The minimum atomic E-state index is -0.598. The van der Waals surface area contributed by atoms with Gasteiger partial charge in [0.2, 0.25) is 0 Å². The van der Waals surface area contributed by atoms with E-state index in [0.717, 1.165) is 31.3 Å². The van der Waals surface area contributed by atoms with Gasteiger partial charge in [0.1, 0.15) is 5.78 Å². The third-order valence-electron chi connectivity index (χ3n) is 7.51. The van der Waals surface area contributed by atoms with Crippen molar-refractivity contribution in [2.75, 3.05) is 0 Å². The van der Waals surface area contributed by atoms with E-state index < -0.39 is 9.74 Å².